The van der Waals surface area contributed by atoms with E-state index in [4.69, 9.17) is 28.6 Å². The molecule has 0 amide bonds. The standard InChI is InChI=1S/C22H21ClN6OS/c1-30-19-7-4-5-16(11-19)13-29-15-18(12-24-29)25-22(31)26-21-9-10-28(27-21)14-17-6-2-3-8-20(17)23/h2-12,15H,13-14H2,1H3,(H2,25,26,27,31). The van der Waals surface area contributed by atoms with E-state index in [9.17, 15) is 0 Å². The monoisotopic (exact) mass is 452 g/mol. The van der Waals surface area contributed by atoms with Gasteiger partial charge in [-0.25, -0.2) is 0 Å². The first-order valence-electron chi connectivity index (χ1n) is 9.59. The number of hydrogen-bond acceptors (Lipinski definition) is 4. The third kappa shape index (κ3) is 5.62. The Morgan fingerprint density at radius 3 is 2.77 bits per heavy atom. The highest BCUT2D eigenvalue weighted by atomic mass is 35.5. The normalized spacial score (nSPS) is 10.6. The van der Waals surface area contributed by atoms with Crippen molar-refractivity contribution in [2.75, 3.05) is 17.7 Å². The molecule has 0 fully saturated rings. The summed E-state index contributed by atoms with van der Waals surface area (Å²) >= 11 is 11.6. The van der Waals surface area contributed by atoms with Crippen LogP contribution >= 0.6 is 23.8 Å². The summed E-state index contributed by atoms with van der Waals surface area (Å²) < 4.78 is 8.90. The lowest BCUT2D eigenvalue weighted by Gasteiger charge is -2.07. The lowest BCUT2D eigenvalue weighted by Crippen LogP contribution is -2.19. The number of hydrogen-bond donors (Lipinski definition) is 2. The Morgan fingerprint density at radius 1 is 1.06 bits per heavy atom. The second-order valence-corrected chi connectivity index (χ2v) is 7.66. The van der Waals surface area contributed by atoms with E-state index in [-0.39, 0.29) is 0 Å². The minimum Gasteiger partial charge on any atom is -0.497 e. The summed E-state index contributed by atoms with van der Waals surface area (Å²) in [6, 6.07) is 17.5. The number of halogens is 1. The summed E-state index contributed by atoms with van der Waals surface area (Å²) in [4.78, 5) is 0. The number of thiocarbonyl (C=S) groups is 1. The van der Waals surface area contributed by atoms with Crippen molar-refractivity contribution in [1.29, 1.82) is 0 Å². The molecular weight excluding hydrogens is 432 g/mol. The van der Waals surface area contributed by atoms with Crippen LogP contribution in [0.3, 0.4) is 0 Å². The molecule has 7 nitrogen and oxygen atoms in total. The Kier molecular flexibility index (Phi) is 6.49. The summed E-state index contributed by atoms with van der Waals surface area (Å²) in [7, 11) is 1.66. The molecule has 4 aromatic rings. The third-order valence-electron chi connectivity index (χ3n) is 4.54. The van der Waals surface area contributed by atoms with Gasteiger partial charge in [0, 0.05) is 23.5 Å². The van der Waals surface area contributed by atoms with Gasteiger partial charge in [0.15, 0.2) is 10.9 Å². The highest BCUT2D eigenvalue weighted by molar-refractivity contribution is 7.80. The molecule has 31 heavy (non-hydrogen) atoms. The van der Waals surface area contributed by atoms with Crippen molar-refractivity contribution in [1.82, 2.24) is 19.6 Å². The smallest absolute Gasteiger partial charge is 0.176 e. The van der Waals surface area contributed by atoms with Crippen LogP contribution in [0.15, 0.2) is 73.2 Å². The summed E-state index contributed by atoms with van der Waals surface area (Å²) in [5.41, 5.74) is 2.89. The van der Waals surface area contributed by atoms with E-state index < -0.39 is 0 Å². The number of anilines is 2. The molecule has 2 heterocycles. The average Bonchev–Trinajstić information content (AvgIpc) is 3.39. The van der Waals surface area contributed by atoms with Gasteiger partial charge in [-0.3, -0.25) is 9.36 Å². The van der Waals surface area contributed by atoms with E-state index in [0.29, 0.717) is 24.0 Å². The van der Waals surface area contributed by atoms with Gasteiger partial charge in [-0.15, -0.1) is 0 Å². The van der Waals surface area contributed by atoms with Crippen molar-refractivity contribution < 1.29 is 4.74 Å². The largest absolute Gasteiger partial charge is 0.497 e. The molecule has 2 aromatic heterocycles. The Hall–Kier alpha value is -3.36. The van der Waals surface area contributed by atoms with Crippen molar-refractivity contribution in [2.45, 2.75) is 13.1 Å². The van der Waals surface area contributed by atoms with Crippen molar-refractivity contribution in [3.05, 3.63) is 89.3 Å². The minimum absolute atomic E-state index is 0.434. The summed E-state index contributed by atoms with van der Waals surface area (Å²) in [6.07, 6.45) is 5.49. The predicted molar refractivity (Wildman–Crippen MR) is 127 cm³/mol. The van der Waals surface area contributed by atoms with Crippen molar-refractivity contribution in [3.8, 4) is 5.75 Å². The highest BCUT2D eigenvalue weighted by Crippen LogP contribution is 2.17. The third-order valence-corrected chi connectivity index (χ3v) is 5.12. The first-order valence-corrected chi connectivity index (χ1v) is 10.4. The topological polar surface area (TPSA) is 68.9 Å². The highest BCUT2D eigenvalue weighted by Gasteiger charge is 2.07. The van der Waals surface area contributed by atoms with Gasteiger partial charge in [-0.2, -0.15) is 10.2 Å². The maximum Gasteiger partial charge on any atom is 0.176 e. The first-order chi connectivity index (χ1) is 15.1. The predicted octanol–water partition coefficient (Wildman–Crippen LogP) is 4.65. The number of aromatic nitrogens is 4. The summed E-state index contributed by atoms with van der Waals surface area (Å²) in [5.74, 6) is 1.47. The van der Waals surface area contributed by atoms with E-state index in [1.165, 1.54) is 0 Å². The fraction of sp³-hybridized carbons (Fsp3) is 0.136. The van der Waals surface area contributed by atoms with Crippen LogP contribution in [0, 0.1) is 0 Å². The van der Waals surface area contributed by atoms with Gasteiger partial charge < -0.3 is 15.4 Å². The number of nitrogens with zero attached hydrogens (tertiary/aromatic N) is 4. The van der Waals surface area contributed by atoms with E-state index >= 15 is 0 Å². The number of nitrogens with one attached hydrogen (secondary N) is 2. The Balaban J connectivity index is 1.32. The first kappa shape index (κ1) is 20.9. The van der Waals surface area contributed by atoms with Crippen LogP contribution in [0.1, 0.15) is 11.1 Å². The van der Waals surface area contributed by atoms with E-state index in [2.05, 4.69) is 20.8 Å². The van der Waals surface area contributed by atoms with Gasteiger partial charge in [-0.1, -0.05) is 41.9 Å². The average molecular weight is 453 g/mol. The zero-order chi connectivity index (χ0) is 21.6. The molecule has 0 spiro atoms. The minimum atomic E-state index is 0.434. The van der Waals surface area contributed by atoms with Crippen LogP contribution in [0.5, 0.6) is 5.75 Å². The SMILES string of the molecule is COc1cccc(Cn2cc(NC(=S)Nc3ccn(Cc4ccccc4Cl)n3)cn2)c1. The van der Waals surface area contributed by atoms with Gasteiger partial charge in [0.1, 0.15) is 5.75 Å². The molecule has 2 N–H and O–H groups in total. The Morgan fingerprint density at radius 2 is 1.94 bits per heavy atom. The van der Waals surface area contributed by atoms with Gasteiger partial charge in [0.2, 0.25) is 0 Å². The quantitative estimate of drug-likeness (QED) is 0.398. The van der Waals surface area contributed by atoms with Gasteiger partial charge in [-0.05, 0) is 41.5 Å². The molecule has 2 aromatic carbocycles. The fourth-order valence-corrected chi connectivity index (χ4v) is 3.49. The molecule has 158 valence electrons. The fourth-order valence-electron chi connectivity index (χ4n) is 3.07. The van der Waals surface area contributed by atoms with Crippen molar-refractivity contribution in [2.24, 2.45) is 0 Å². The number of rotatable bonds is 7. The molecule has 0 aliphatic heterocycles. The molecular formula is C22H21ClN6OS. The maximum absolute atomic E-state index is 6.22. The van der Waals surface area contributed by atoms with Crippen LogP contribution < -0.4 is 15.4 Å². The van der Waals surface area contributed by atoms with Crippen LogP contribution in [-0.2, 0) is 13.1 Å². The lowest BCUT2D eigenvalue weighted by atomic mass is 10.2. The number of ether oxygens (including phenoxy) is 1. The molecule has 0 bridgehead atoms. The van der Waals surface area contributed by atoms with Crippen LogP contribution in [0.4, 0.5) is 11.5 Å². The lowest BCUT2D eigenvalue weighted by molar-refractivity contribution is 0.414. The summed E-state index contributed by atoms with van der Waals surface area (Å²) in [5, 5.41) is 16.2. The molecule has 9 heteroatoms. The van der Waals surface area contributed by atoms with Crippen LogP contribution in [0.25, 0.3) is 0 Å². The second kappa shape index (κ2) is 9.63. The van der Waals surface area contributed by atoms with Gasteiger partial charge in [0.05, 0.1) is 32.1 Å². The molecule has 4 rings (SSSR count). The zero-order valence-electron chi connectivity index (χ0n) is 16.8. The molecule has 0 unspecified atom stereocenters. The molecule has 0 atom stereocenters. The second-order valence-electron chi connectivity index (χ2n) is 6.85. The summed E-state index contributed by atoms with van der Waals surface area (Å²) in [6.45, 7) is 1.21. The van der Waals surface area contributed by atoms with Gasteiger partial charge in [0.25, 0.3) is 0 Å². The molecule has 0 saturated heterocycles. The molecule has 0 saturated carbocycles. The van der Waals surface area contributed by atoms with E-state index in [0.717, 1.165) is 27.6 Å². The van der Waals surface area contributed by atoms with E-state index in [1.807, 2.05) is 71.7 Å². The Bertz CT molecular complexity index is 1190. The maximum atomic E-state index is 6.22. The van der Waals surface area contributed by atoms with Crippen LogP contribution in [0.2, 0.25) is 5.02 Å². The van der Waals surface area contributed by atoms with Crippen LogP contribution in [-0.4, -0.2) is 31.8 Å². The van der Waals surface area contributed by atoms with Crippen molar-refractivity contribution >= 4 is 40.4 Å². The molecule has 0 aliphatic carbocycles. The van der Waals surface area contributed by atoms with E-state index in [1.54, 1.807) is 18.0 Å². The molecule has 0 aliphatic rings. The van der Waals surface area contributed by atoms with Crippen molar-refractivity contribution in [3.63, 3.8) is 0 Å². The van der Waals surface area contributed by atoms with Gasteiger partial charge >= 0.3 is 0 Å². The Labute approximate surface area is 190 Å². The number of methoxy groups -OCH3 is 1. The molecule has 0 radical (unpaired) electrons. The number of benzene rings is 2. The zero-order valence-corrected chi connectivity index (χ0v) is 18.4.